The maximum Gasteiger partial charge on any atom is 0.122 e. The van der Waals surface area contributed by atoms with Crippen molar-refractivity contribution in [1.29, 1.82) is 0 Å². The van der Waals surface area contributed by atoms with Crippen LogP contribution in [0.15, 0.2) is 11.6 Å². The fourth-order valence-corrected chi connectivity index (χ4v) is 3.64. The van der Waals surface area contributed by atoms with Crippen molar-refractivity contribution in [2.75, 3.05) is 6.54 Å². The third kappa shape index (κ3) is 2.54. The number of hydrogen-bond donors (Lipinski definition) is 2. The van der Waals surface area contributed by atoms with E-state index in [1.807, 2.05) is 5.38 Å². The second kappa shape index (κ2) is 5.46. The number of rotatable bonds is 4. The van der Waals surface area contributed by atoms with Gasteiger partial charge in [0.2, 0.25) is 0 Å². The molecular weight excluding hydrogens is 232 g/mol. The van der Waals surface area contributed by atoms with E-state index in [-0.39, 0.29) is 5.41 Å². The highest BCUT2D eigenvalue weighted by atomic mass is 32.1. The summed E-state index contributed by atoms with van der Waals surface area (Å²) in [6.45, 7) is 2.81. The van der Waals surface area contributed by atoms with Crippen LogP contribution in [0.1, 0.15) is 50.1 Å². The minimum absolute atomic E-state index is 0.135. The standard InChI is InChI=1S/C13H22N2OS/c1-2-10-3-5-13(9-14,6-4-10)11(16)12-15-7-8-17-12/h7-8,10-11,16H,2-6,9,14H2,1H3. The Morgan fingerprint density at radius 1 is 1.59 bits per heavy atom. The van der Waals surface area contributed by atoms with E-state index in [0.29, 0.717) is 6.54 Å². The summed E-state index contributed by atoms with van der Waals surface area (Å²) in [5.41, 5.74) is 5.81. The molecule has 1 unspecified atom stereocenters. The van der Waals surface area contributed by atoms with Crippen LogP contribution < -0.4 is 5.73 Å². The van der Waals surface area contributed by atoms with Gasteiger partial charge < -0.3 is 10.8 Å². The lowest BCUT2D eigenvalue weighted by Gasteiger charge is -2.42. The maximum atomic E-state index is 10.5. The van der Waals surface area contributed by atoms with Gasteiger partial charge in [0.1, 0.15) is 11.1 Å². The molecule has 1 aliphatic carbocycles. The van der Waals surface area contributed by atoms with Crippen LogP contribution in [0.4, 0.5) is 0 Å². The molecule has 1 aromatic heterocycles. The predicted molar refractivity (Wildman–Crippen MR) is 70.8 cm³/mol. The summed E-state index contributed by atoms with van der Waals surface area (Å²) in [5.74, 6) is 0.818. The summed E-state index contributed by atoms with van der Waals surface area (Å²) >= 11 is 1.53. The minimum atomic E-state index is -0.481. The molecule has 0 radical (unpaired) electrons. The summed E-state index contributed by atoms with van der Waals surface area (Å²) in [6.07, 6.45) is 6.96. The van der Waals surface area contributed by atoms with Crippen molar-refractivity contribution in [3.63, 3.8) is 0 Å². The number of nitrogens with two attached hydrogens (primary N) is 1. The fraction of sp³-hybridized carbons (Fsp3) is 0.769. The van der Waals surface area contributed by atoms with Gasteiger partial charge in [-0.15, -0.1) is 11.3 Å². The number of hydrogen-bond acceptors (Lipinski definition) is 4. The summed E-state index contributed by atoms with van der Waals surface area (Å²) in [6, 6.07) is 0. The average Bonchev–Trinajstić information content (AvgIpc) is 2.92. The molecule has 17 heavy (non-hydrogen) atoms. The molecule has 1 aliphatic rings. The van der Waals surface area contributed by atoms with Crippen molar-refractivity contribution in [3.05, 3.63) is 16.6 Å². The van der Waals surface area contributed by atoms with Crippen molar-refractivity contribution in [2.45, 2.75) is 45.1 Å². The van der Waals surface area contributed by atoms with E-state index in [9.17, 15) is 5.11 Å². The minimum Gasteiger partial charge on any atom is -0.385 e. The van der Waals surface area contributed by atoms with Gasteiger partial charge >= 0.3 is 0 Å². The van der Waals surface area contributed by atoms with Gasteiger partial charge in [0.15, 0.2) is 0 Å². The van der Waals surface area contributed by atoms with Crippen molar-refractivity contribution in [2.24, 2.45) is 17.1 Å². The van der Waals surface area contributed by atoms with Gasteiger partial charge in [0.05, 0.1) is 0 Å². The smallest absolute Gasteiger partial charge is 0.122 e. The molecule has 2 rings (SSSR count). The van der Waals surface area contributed by atoms with Crippen molar-refractivity contribution in [1.82, 2.24) is 4.98 Å². The summed E-state index contributed by atoms with van der Waals surface area (Å²) in [7, 11) is 0. The molecule has 3 nitrogen and oxygen atoms in total. The van der Waals surface area contributed by atoms with E-state index < -0.39 is 6.10 Å². The van der Waals surface area contributed by atoms with Crippen LogP contribution in [0.2, 0.25) is 0 Å². The van der Waals surface area contributed by atoms with Crippen LogP contribution in [-0.4, -0.2) is 16.6 Å². The number of aromatic nitrogens is 1. The molecule has 1 atom stereocenters. The second-order valence-electron chi connectivity index (χ2n) is 5.19. The molecular formula is C13H22N2OS. The monoisotopic (exact) mass is 254 g/mol. The van der Waals surface area contributed by atoms with E-state index >= 15 is 0 Å². The highest BCUT2D eigenvalue weighted by molar-refractivity contribution is 7.09. The zero-order chi connectivity index (χ0) is 12.3. The second-order valence-corrected chi connectivity index (χ2v) is 6.12. The van der Waals surface area contributed by atoms with Crippen molar-refractivity contribution in [3.8, 4) is 0 Å². The number of nitrogens with zero attached hydrogens (tertiary/aromatic N) is 1. The molecule has 0 bridgehead atoms. The molecule has 0 saturated heterocycles. The van der Waals surface area contributed by atoms with Crippen LogP contribution >= 0.6 is 11.3 Å². The molecule has 1 saturated carbocycles. The van der Waals surface area contributed by atoms with E-state index in [1.165, 1.54) is 30.6 Å². The van der Waals surface area contributed by atoms with Crippen molar-refractivity contribution < 1.29 is 5.11 Å². The molecule has 0 spiro atoms. The topological polar surface area (TPSA) is 59.1 Å². The van der Waals surface area contributed by atoms with Crippen LogP contribution in [0.5, 0.6) is 0 Å². The molecule has 1 aromatic rings. The Bertz CT molecular complexity index is 331. The SMILES string of the molecule is CCC1CCC(CN)(C(O)c2nccs2)CC1. The first kappa shape index (κ1) is 13.0. The summed E-state index contributed by atoms with van der Waals surface area (Å²) in [5, 5.41) is 13.3. The lowest BCUT2D eigenvalue weighted by molar-refractivity contribution is -0.0104. The third-order valence-electron chi connectivity index (χ3n) is 4.35. The van der Waals surface area contributed by atoms with Crippen molar-refractivity contribution >= 4 is 11.3 Å². The molecule has 1 heterocycles. The Labute approximate surface area is 107 Å². The fourth-order valence-electron chi connectivity index (χ4n) is 2.88. The molecule has 0 aliphatic heterocycles. The number of aliphatic hydroxyl groups excluding tert-OH is 1. The highest BCUT2D eigenvalue weighted by Crippen LogP contribution is 2.47. The van der Waals surface area contributed by atoms with Gasteiger partial charge in [-0.25, -0.2) is 4.98 Å². The molecule has 0 aromatic carbocycles. The Morgan fingerprint density at radius 3 is 2.76 bits per heavy atom. The van der Waals surface area contributed by atoms with Gasteiger partial charge in [-0.2, -0.15) is 0 Å². The first-order valence-electron chi connectivity index (χ1n) is 6.49. The summed E-state index contributed by atoms with van der Waals surface area (Å²) in [4.78, 5) is 4.24. The maximum absolute atomic E-state index is 10.5. The lowest BCUT2D eigenvalue weighted by atomic mass is 9.67. The highest BCUT2D eigenvalue weighted by Gasteiger charge is 2.41. The van der Waals surface area contributed by atoms with Crippen LogP contribution in [0, 0.1) is 11.3 Å². The quantitative estimate of drug-likeness (QED) is 0.868. The van der Waals surface area contributed by atoms with Gasteiger partial charge in [-0.3, -0.25) is 0 Å². The van der Waals surface area contributed by atoms with E-state index in [4.69, 9.17) is 5.73 Å². The Hall–Kier alpha value is -0.450. The molecule has 4 heteroatoms. The summed E-state index contributed by atoms with van der Waals surface area (Å²) < 4.78 is 0. The number of thiazole rings is 1. The van der Waals surface area contributed by atoms with E-state index in [0.717, 1.165) is 23.8 Å². The van der Waals surface area contributed by atoms with Crippen LogP contribution in [0.3, 0.4) is 0 Å². The first-order chi connectivity index (χ1) is 8.22. The van der Waals surface area contributed by atoms with Gasteiger partial charge in [0.25, 0.3) is 0 Å². The molecule has 1 fully saturated rings. The van der Waals surface area contributed by atoms with E-state index in [2.05, 4.69) is 11.9 Å². The normalized spacial score (nSPS) is 31.4. The zero-order valence-electron chi connectivity index (χ0n) is 10.4. The Kier molecular flexibility index (Phi) is 4.17. The lowest BCUT2D eigenvalue weighted by Crippen LogP contribution is -2.40. The molecule has 3 N–H and O–H groups in total. The predicted octanol–water partition coefficient (Wildman–Crippen LogP) is 2.72. The molecule has 96 valence electrons. The zero-order valence-corrected chi connectivity index (χ0v) is 11.2. The third-order valence-corrected chi connectivity index (χ3v) is 5.18. The van der Waals surface area contributed by atoms with Gasteiger partial charge in [-0.05, 0) is 31.6 Å². The number of aliphatic hydroxyl groups is 1. The van der Waals surface area contributed by atoms with E-state index in [1.54, 1.807) is 6.20 Å². The Balaban J connectivity index is 2.10. The van der Waals surface area contributed by atoms with Crippen LogP contribution in [0.25, 0.3) is 0 Å². The van der Waals surface area contributed by atoms with Crippen LogP contribution in [-0.2, 0) is 0 Å². The molecule has 0 amide bonds. The Morgan fingerprint density at radius 2 is 2.29 bits per heavy atom. The average molecular weight is 254 g/mol. The van der Waals surface area contributed by atoms with Gasteiger partial charge in [0, 0.05) is 23.5 Å². The first-order valence-corrected chi connectivity index (χ1v) is 7.37. The largest absolute Gasteiger partial charge is 0.385 e. The van der Waals surface area contributed by atoms with Gasteiger partial charge in [-0.1, -0.05) is 13.3 Å².